The molecule has 1 aromatic carbocycles. The Morgan fingerprint density at radius 3 is 2.73 bits per heavy atom. The number of amides is 2. The third-order valence-corrected chi connectivity index (χ3v) is 8.35. The number of nitrogens with one attached hydrogen (secondary N) is 1. The van der Waals surface area contributed by atoms with Crippen LogP contribution >= 0.6 is 11.8 Å². The maximum atomic E-state index is 13.1. The molecule has 0 aliphatic carbocycles. The minimum atomic E-state index is -3.64. The Kier molecular flexibility index (Phi) is 7.78. The molecule has 30 heavy (non-hydrogen) atoms. The summed E-state index contributed by atoms with van der Waals surface area (Å²) >= 11 is 1.36. The molecule has 2 amide bonds. The smallest absolute Gasteiger partial charge is 0.243 e. The van der Waals surface area contributed by atoms with Crippen LogP contribution in [0.3, 0.4) is 0 Å². The predicted molar refractivity (Wildman–Crippen MR) is 116 cm³/mol. The van der Waals surface area contributed by atoms with Gasteiger partial charge in [0, 0.05) is 38.2 Å². The van der Waals surface area contributed by atoms with E-state index in [9.17, 15) is 18.0 Å². The molecule has 1 aromatic rings. The highest BCUT2D eigenvalue weighted by molar-refractivity contribution is 8.00. The number of sulfonamides is 1. The third-order valence-electron chi connectivity index (χ3n) is 5.40. The van der Waals surface area contributed by atoms with Gasteiger partial charge in [0.15, 0.2) is 0 Å². The molecule has 3 rings (SSSR count). The second kappa shape index (κ2) is 10.1. The van der Waals surface area contributed by atoms with E-state index in [2.05, 4.69) is 12.2 Å². The van der Waals surface area contributed by atoms with Crippen LogP contribution in [-0.4, -0.2) is 70.2 Å². The first-order valence-electron chi connectivity index (χ1n) is 10.2. The van der Waals surface area contributed by atoms with Crippen LogP contribution in [-0.2, 0) is 24.3 Å². The zero-order valence-corrected chi connectivity index (χ0v) is 19.1. The zero-order valence-electron chi connectivity index (χ0n) is 17.4. The lowest BCUT2D eigenvalue weighted by molar-refractivity contribution is -0.123. The molecule has 166 valence electrons. The van der Waals surface area contributed by atoms with Gasteiger partial charge in [-0.25, -0.2) is 8.42 Å². The lowest BCUT2D eigenvalue weighted by atomic mass is 10.0. The Morgan fingerprint density at radius 1 is 1.30 bits per heavy atom. The number of piperidine rings is 1. The SMILES string of the molecule is COCCCNC(=O)CN1C(=O)CSc2ccc(S(=O)(=O)N3CCC(C)CC3)cc21. The molecule has 0 atom stereocenters. The van der Waals surface area contributed by atoms with Crippen LogP contribution in [0.15, 0.2) is 28.0 Å². The number of benzene rings is 1. The van der Waals surface area contributed by atoms with Crippen LogP contribution in [0.25, 0.3) is 0 Å². The van der Waals surface area contributed by atoms with Crippen molar-refractivity contribution in [3.8, 4) is 0 Å². The molecule has 0 saturated carbocycles. The van der Waals surface area contributed by atoms with Gasteiger partial charge in [0.05, 0.1) is 16.3 Å². The largest absolute Gasteiger partial charge is 0.385 e. The summed E-state index contributed by atoms with van der Waals surface area (Å²) in [4.78, 5) is 27.2. The summed E-state index contributed by atoms with van der Waals surface area (Å²) < 4.78 is 32.7. The second-order valence-electron chi connectivity index (χ2n) is 7.68. The third kappa shape index (κ3) is 5.35. The lowest BCUT2D eigenvalue weighted by Crippen LogP contribution is -2.43. The van der Waals surface area contributed by atoms with E-state index in [4.69, 9.17) is 4.74 Å². The first kappa shape index (κ1) is 23.1. The van der Waals surface area contributed by atoms with Crippen molar-refractivity contribution in [3.05, 3.63) is 18.2 Å². The van der Waals surface area contributed by atoms with Crippen molar-refractivity contribution < 1.29 is 22.7 Å². The van der Waals surface area contributed by atoms with Crippen molar-refractivity contribution in [1.82, 2.24) is 9.62 Å². The molecular formula is C20H29N3O5S2. The van der Waals surface area contributed by atoms with Crippen molar-refractivity contribution in [1.29, 1.82) is 0 Å². The van der Waals surface area contributed by atoms with Crippen molar-refractivity contribution in [2.24, 2.45) is 5.92 Å². The number of hydrogen-bond donors (Lipinski definition) is 1. The fraction of sp³-hybridized carbons (Fsp3) is 0.600. The summed E-state index contributed by atoms with van der Waals surface area (Å²) in [5.74, 6) is 0.253. The first-order chi connectivity index (χ1) is 14.3. The number of ether oxygens (including phenoxy) is 1. The monoisotopic (exact) mass is 455 g/mol. The minimum Gasteiger partial charge on any atom is -0.385 e. The van der Waals surface area contributed by atoms with Gasteiger partial charge >= 0.3 is 0 Å². The molecule has 2 aliphatic heterocycles. The van der Waals surface area contributed by atoms with Crippen molar-refractivity contribution >= 4 is 39.3 Å². The van der Waals surface area contributed by atoms with Gasteiger partial charge in [-0.3, -0.25) is 9.59 Å². The molecule has 0 bridgehead atoms. The van der Waals surface area contributed by atoms with E-state index in [1.807, 2.05) is 0 Å². The predicted octanol–water partition coefficient (Wildman–Crippen LogP) is 1.70. The Bertz CT molecular complexity index is 882. The minimum absolute atomic E-state index is 0.135. The lowest BCUT2D eigenvalue weighted by Gasteiger charge is -2.31. The second-order valence-corrected chi connectivity index (χ2v) is 10.6. The van der Waals surface area contributed by atoms with Gasteiger partial charge in [-0.1, -0.05) is 6.92 Å². The highest BCUT2D eigenvalue weighted by Gasteiger charge is 2.32. The highest BCUT2D eigenvalue weighted by atomic mass is 32.2. The van der Waals surface area contributed by atoms with Gasteiger partial charge in [-0.15, -0.1) is 11.8 Å². The number of carbonyl (C=O) groups excluding carboxylic acids is 2. The molecule has 0 aromatic heterocycles. The zero-order chi connectivity index (χ0) is 21.7. The number of methoxy groups -OCH3 is 1. The fourth-order valence-corrected chi connectivity index (χ4v) is 5.94. The van der Waals surface area contributed by atoms with E-state index in [1.165, 1.54) is 27.0 Å². The standard InChI is InChI=1S/C20H29N3O5S2/c1-15-6-9-22(10-7-15)30(26,27)16-4-5-18-17(12-16)23(20(25)14-29-18)13-19(24)21-8-3-11-28-2/h4-5,12,15H,3,6-11,13-14H2,1-2H3,(H,21,24). The van der Waals surface area contributed by atoms with Crippen LogP contribution in [0.2, 0.25) is 0 Å². The molecule has 8 nitrogen and oxygen atoms in total. The Balaban J connectivity index is 1.78. The van der Waals surface area contributed by atoms with E-state index in [1.54, 1.807) is 19.2 Å². The van der Waals surface area contributed by atoms with Crippen molar-refractivity contribution in [2.75, 3.05) is 50.5 Å². The molecule has 10 heteroatoms. The van der Waals surface area contributed by atoms with Crippen LogP contribution < -0.4 is 10.2 Å². The summed E-state index contributed by atoms with van der Waals surface area (Å²) in [5.41, 5.74) is 0.481. The normalized spacial score (nSPS) is 18.3. The molecule has 1 saturated heterocycles. The molecule has 0 spiro atoms. The van der Waals surface area contributed by atoms with E-state index in [0.29, 0.717) is 44.3 Å². The average Bonchev–Trinajstić information content (AvgIpc) is 2.73. The summed E-state index contributed by atoms with van der Waals surface area (Å²) in [6.45, 7) is 3.99. The van der Waals surface area contributed by atoms with Crippen LogP contribution in [0.4, 0.5) is 5.69 Å². The summed E-state index contributed by atoms with van der Waals surface area (Å²) in [6, 6.07) is 4.86. The molecule has 1 N–H and O–H groups in total. The van der Waals surface area contributed by atoms with E-state index in [-0.39, 0.29) is 29.0 Å². The molecule has 0 radical (unpaired) electrons. The van der Waals surface area contributed by atoms with E-state index >= 15 is 0 Å². The number of rotatable bonds is 8. The molecular weight excluding hydrogens is 426 g/mol. The van der Waals surface area contributed by atoms with Crippen LogP contribution in [0.1, 0.15) is 26.2 Å². The van der Waals surface area contributed by atoms with Gasteiger partial charge < -0.3 is 15.0 Å². The number of fused-ring (bicyclic) bond motifs is 1. The van der Waals surface area contributed by atoms with Gasteiger partial charge in [-0.2, -0.15) is 4.31 Å². The summed E-state index contributed by atoms with van der Waals surface area (Å²) in [5, 5.41) is 2.77. The Labute approximate surface area is 182 Å². The number of anilines is 1. The molecule has 0 unspecified atom stereocenters. The van der Waals surface area contributed by atoms with Crippen molar-refractivity contribution in [3.63, 3.8) is 0 Å². The number of thioether (sulfide) groups is 1. The average molecular weight is 456 g/mol. The Hall–Kier alpha value is -1.62. The maximum absolute atomic E-state index is 13.1. The number of carbonyl (C=O) groups is 2. The number of nitrogens with zero attached hydrogens (tertiary/aromatic N) is 2. The highest BCUT2D eigenvalue weighted by Crippen LogP contribution is 2.37. The molecule has 2 aliphatic rings. The number of hydrogen-bond acceptors (Lipinski definition) is 6. The molecule has 2 heterocycles. The van der Waals surface area contributed by atoms with E-state index in [0.717, 1.165) is 17.7 Å². The van der Waals surface area contributed by atoms with Gasteiger partial charge in [-0.05, 0) is 43.4 Å². The first-order valence-corrected chi connectivity index (χ1v) is 12.6. The van der Waals surface area contributed by atoms with Gasteiger partial charge in [0.1, 0.15) is 6.54 Å². The van der Waals surface area contributed by atoms with Gasteiger partial charge in [0.25, 0.3) is 0 Å². The maximum Gasteiger partial charge on any atom is 0.243 e. The summed E-state index contributed by atoms with van der Waals surface area (Å²) in [6.07, 6.45) is 2.36. The van der Waals surface area contributed by atoms with Gasteiger partial charge in [0.2, 0.25) is 21.8 Å². The fourth-order valence-electron chi connectivity index (χ4n) is 3.53. The summed E-state index contributed by atoms with van der Waals surface area (Å²) in [7, 11) is -2.04. The molecule has 1 fully saturated rings. The van der Waals surface area contributed by atoms with Crippen LogP contribution in [0.5, 0.6) is 0 Å². The topological polar surface area (TPSA) is 96.0 Å². The quantitative estimate of drug-likeness (QED) is 0.600. The van der Waals surface area contributed by atoms with Crippen LogP contribution in [0, 0.1) is 5.92 Å². The van der Waals surface area contributed by atoms with Crippen molar-refractivity contribution in [2.45, 2.75) is 36.0 Å². The van der Waals surface area contributed by atoms with E-state index < -0.39 is 10.0 Å². The Morgan fingerprint density at radius 2 is 2.03 bits per heavy atom.